The zero-order valence-corrected chi connectivity index (χ0v) is 14.8. The van der Waals surface area contributed by atoms with Crippen molar-refractivity contribution in [1.82, 2.24) is 5.32 Å². The molecule has 0 unspecified atom stereocenters. The van der Waals surface area contributed by atoms with Crippen molar-refractivity contribution in [3.05, 3.63) is 18.2 Å². The van der Waals surface area contributed by atoms with Crippen molar-refractivity contribution in [3.63, 3.8) is 0 Å². The van der Waals surface area contributed by atoms with Crippen LogP contribution in [0.2, 0.25) is 0 Å². The number of carbonyl (C=O) groups excluding carboxylic acids is 1. The lowest BCUT2D eigenvalue weighted by molar-refractivity contribution is -0.119. The molecule has 0 heterocycles. The SMILES string of the molecule is CCCCNC(=O)CN(c1cc(OC)ccc1OC)S(C)(=O)=O. The number of anilines is 1. The monoisotopic (exact) mass is 344 g/mol. The van der Waals surface area contributed by atoms with Gasteiger partial charge in [0.15, 0.2) is 0 Å². The van der Waals surface area contributed by atoms with Crippen molar-refractivity contribution in [3.8, 4) is 11.5 Å². The highest BCUT2D eigenvalue weighted by Gasteiger charge is 2.24. The van der Waals surface area contributed by atoms with Gasteiger partial charge in [-0.2, -0.15) is 0 Å². The first-order valence-electron chi connectivity index (χ1n) is 7.30. The number of rotatable bonds is 9. The summed E-state index contributed by atoms with van der Waals surface area (Å²) in [5.41, 5.74) is 0.264. The summed E-state index contributed by atoms with van der Waals surface area (Å²) < 4.78 is 35.6. The highest BCUT2D eigenvalue weighted by Crippen LogP contribution is 2.33. The molecule has 0 radical (unpaired) electrons. The molecule has 0 bridgehead atoms. The van der Waals surface area contributed by atoms with Gasteiger partial charge >= 0.3 is 0 Å². The second-order valence-corrected chi connectivity index (χ2v) is 6.92. The van der Waals surface area contributed by atoms with Crippen LogP contribution in [0.15, 0.2) is 18.2 Å². The van der Waals surface area contributed by atoms with Gasteiger partial charge in [-0.25, -0.2) is 8.42 Å². The van der Waals surface area contributed by atoms with Crippen molar-refractivity contribution < 1.29 is 22.7 Å². The van der Waals surface area contributed by atoms with Crippen LogP contribution in [0.25, 0.3) is 0 Å². The molecule has 0 atom stereocenters. The first-order chi connectivity index (χ1) is 10.8. The van der Waals surface area contributed by atoms with Crippen molar-refractivity contribution in [2.75, 3.05) is 37.9 Å². The second-order valence-electron chi connectivity index (χ2n) is 5.01. The van der Waals surface area contributed by atoms with Crippen LogP contribution in [0.5, 0.6) is 11.5 Å². The normalized spacial score (nSPS) is 11.0. The van der Waals surface area contributed by atoms with Gasteiger partial charge in [0.2, 0.25) is 15.9 Å². The van der Waals surface area contributed by atoms with Gasteiger partial charge in [0.1, 0.15) is 18.0 Å². The summed E-state index contributed by atoms with van der Waals surface area (Å²) in [4.78, 5) is 12.0. The molecule has 0 saturated heterocycles. The van der Waals surface area contributed by atoms with Crippen molar-refractivity contribution in [1.29, 1.82) is 0 Å². The fourth-order valence-corrected chi connectivity index (χ4v) is 2.82. The Hall–Kier alpha value is -1.96. The van der Waals surface area contributed by atoms with E-state index in [0.29, 0.717) is 18.0 Å². The van der Waals surface area contributed by atoms with Crippen LogP contribution in [0.3, 0.4) is 0 Å². The number of ether oxygens (including phenoxy) is 2. The molecule has 0 aromatic heterocycles. The average molecular weight is 344 g/mol. The maximum atomic E-state index is 12.1. The molecule has 1 amide bonds. The van der Waals surface area contributed by atoms with Crippen LogP contribution in [0.4, 0.5) is 5.69 Å². The summed E-state index contributed by atoms with van der Waals surface area (Å²) in [6.45, 7) is 2.21. The van der Waals surface area contributed by atoms with E-state index in [1.54, 1.807) is 12.1 Å². The van der Waals surface area contributed by atoms with Gasteiger partial charge in [-0.05, 0) is 18.6 Å². The summed E-state index contributed by atoms with van der Waals surface area (Å²) in [7, 11) is -0.747. The number of sulfonamides is 1. The Kier molecular flexibility index (Phi) is 7.15. The molecule has 8 heteroatoms. The maximum absolute atomic E-state index is 12.1. The third-order valence-corrected chi connectivity index (χ3v) is 4.32. The van der Waals surface area contributed by atoms with E-state index in [0.717, 1.165) is 23.4 Å². The quantitative estimate of drug-likeness (QED) is 0.684. The summed E-state index contributed by atoms with van der Waals surface area (Å²) in [5.74, 6) is 0.451. The van der Waals surface area contributed by atoms with E-state index in [9.17, 15) is 13.2 Å². The van der Waals surface area contributed by atoms with Gasteiger partial charge in [0.05, 0.1) is 26.2 Å². The Morgan fingerprint density at radius 3 is 2.48 bits per heavy atom. The summed E-state index contributed by atoms with van der Waals surface area (Å²) in [6.07, 6.45) is 2.83. The van der Waals surface area contributed by atoms with Gasteiger partial charge in [-0.1, -0.05) is 13.3 Å². The zero-order valence-electron chi connectivity index (χ0n) is 14.0. The van der Waals surface area contributed by atoms with Gasteiger partial charge in [0.25, 0.3) is 0 Å². The number of nitrogens with one attached hydrogen (secondary N) is 1. The van der Waals surface area contributed by atoms with E-state index in [4.69, 9.17) is 9.47 Å². The standard InChI is InChI=1S/C15H24N2O5S/c1-5-6-9-16-15(18)11-17(23(4,19)20)13-10-12(21-2)7-8-14(13)22-3/h7-8,10H,5-6,9,11H2,1-4H3,(H,16,18). The molecule has 0 spiro atoms. The first kappa shape index (κ1) is 19.1. The lowest BCUT2D eigenvalue weighted by atomic mass is 10.2. The largest absolute Gasteiger partial charge is 0.497 e. The lowest BCUT2D eigenvalue weighted by Crippen LogP contribution is -2.40. The molecule has 1 aromatic carbocycles. The van der Waals surface area contributed by atoms with E-state index >= 15 is 0 Å². The van der Waals surface area contributed by atoms with Crippen LogP contribution in [-0.2, 0) is 14.8 Å². The Bertz CT molecular complexity index is 631. The second kappa shape index (κ2) is 8.61. The van der Waals surface area contributed by atoms with Gasteiger partial charge in [0, 0.05) is 12.6 Å². The van der Waals surface area contributed by atoms with E-state index < -0.39 is 10.0 Å². The number of nitrogens with zero attached hydrogens (tertiary/aromatic N) is 1. The Morgan fingerprint density at radius 1 is 1.26 bits per heavy atom. The number of hydrogen-bond donors (Lipinski definition) is 1. The van der Waals surface area contributed by atoms with Crippen molar-refractivity contribution in [2.45, 2.75) is 19.8 Å². The highest BCUT2D eigenvalue weighted by atomic mass is 32.2. The van der Waals surface area contributed by atoms with Crippen LogP contribution in [0, 0.1) is 0 Å². The molecule has 0 aliphatic carbocycles. The molecule has 0 saturated carbocycles. The van der Waals surface area contributed by atoms with Crippen molar-refractivity contribution >= 4 is 21.6 Å². The Morgan fingerprint density at radius 2 is 1.96 bits per heavy atom. The molecular formula is C15H24N2O5S. The predicted octanol–water partition coefficient (Wildman–Crippen LogP) is 1.39. The third kappa shape index (κ3) is 5.63. The molecule has 130 valence electrons. The fraction of sp³-hybridized carbons (Fsp3) is 0.533. The number of hydrogen-bond acceptors (Lipinski definition) is 5. The number of methoxy groups -OCH3 is 2. The van der Waals surface area contributed by atoms with E-state index in [1.165, 1.54) is 20.3 Å². The summed E-state index contributed by atoms with van der Waals surface area (Å²) >= 11 is 0. The zero-order chi connectivity index (χ0) is 17.5. The summed E-state index contributed by atoms with van der Waals surface area (Å²) in [5, 5.41) is 2.70. The van der Waals surface area contributed by atoms with E-state index in [-0.39, 0.29) is 18.1 Å². The first-order valence-corrected chi connectivity index (χ1v) is 9.14. The average Bonchev–Trinajstić information content (AvgIpc) is 2.51. The molecule has 1 N–H and O–H groups in total. The number of carbonyl (C=O) groups is 1. The predicted molar refractivity (Wildman–Crippen MR) is 89.7 cm³/mol. The molecule has 0 fully saturated rings. The van der Waals surface area contributed by atoms with Gasteiger partial charge in [-0.3, -0.25) is 9.10 Å². The van der Waals surface area contributed by atoms with Crippen molar-refractivity contribution in [2.24, 2.45) is 0 Å². The minimum Gasteiger partial charge on any atom is -0.497 e. The third-order valence-electron chi connectivity index (χ3n) is 3.19. The maximum Gasteiger partial charge on any atom is 0.240 e. The van der Waals surface area contributed by atoms with Crippen LogP contribution in [0.1, 0.15) is 19.8 Å². The topological polar surface area (TPSA) is 84.9 Å². The van der Waals surface area contributed by atoms with Crippen LogP contribution >= 0.6 is 0 Å². The molecule has 7 nitrogen and oxygen atoms in total. The Balaban J connectivity index is 3.10. The fourth-order valence-electron chi connectivity index (χ4n) is 1.96. The molecular weight excluding hydrogens is 320 g/mol. The number of unbranched alkanes of at least 4 members (excludes halogenated alkanes) is 1. The van der Waals surface area contributed by atoms with Gasteiger partial charge in [-0.15, -0.1) is 0 Å². The summed E-state index contributed by atoms with van der Waals surface area (Å²) in [6, 6.07) is 4.78. The van der Waals surface area contributed by atoms with E-state index in [2.05, 4.69) is 5.32 Å². The van der Waals surface area contributed by atoms with Crippen LogP contribution in [-0.4, -0.2) is 47.9 Å². The van der Waals surface area contributed by atoms with Gasteiger partial charge < -0.3 is 14.8 Å². The minimum atomic E-state index is -3.66. The van der Waals surface area contributed by atoms with Crippen LogP contribution < -0.4 is 19.1 Å². The molecule has 1 aromatic rings. The molecule has 0 aliphatic rings. The number of benzene rings is 1. The lowest BCUT2D eigenvalue weighted by Gasteiger charge is -2.24. The molecule has 1 rings (SSSR count). The number of amides is 1. The Labute approximate surface area is 137 Å². The molecule has 23 heavy (non-hydrogen) atoms. The van der Waals surface area contributed by atoms with E-state index in [1.807, 2.05) is 6.92 Å². The minimum absolute atomic E-state index is 0.264. The molecule has 0 aliphatic heterocycles. The highest BCUT2D eigenvalue weighted by molar-refractivity contribution is 7.92. The smallest absolute Gasteiger partial charge is 0.240 e.